The number of benzene rings is 1. The molecule has 1 saturated carbocycles. The number of nitrogens with two attached hydrogens (primary N) is 1. The summed E-state index contributed by atoms with van der Waals surface area (Å²) in [6.45, 7) is 0. The smallest absolute Gasteiger partial charge is 0.342 e. The highest BCUT2D eigenvalue weighted by atomic mass is 16.5. The molecule has 1 aliphatic rings. The third-order valence-electron chi connectivity index (χ3n) is 2.82. The van der Waals surface area contributed by atoms with Crippen LogP contribution in [0.5, 0.6) is 5.75 Å². The summed E-state index contributed by atoms with van der Waals surface area (Å²) in [5.74, 6) is -0.575. The van der Waals surface area contributed by atoms with Crippen molar-refractivity contribution in [3.8, 4) is 5.75 Å². The number of nitrogen functional groups attached to an aromatic ring is 1. The summed E-state index contributed by atoms with van der Waals surface area (Å²) in [5.41, 5.74) is 6.14. The van der Waals surface area contributed by atoms with Crippen LogP contribution >= 0.6 is 0 Å². The summed E-state index contributed by atoms with van der Waals surface area (Å²) in [6.07, 6.45) is 4.01. The van der Waals surface area contributed by atoms with Crippen molar-refractivity contribution in [3.05, 3.63) is 23.8 Å². The average Bonchev–Trinajstić information content (AvgIpc) is 2.74. The molecule has 0 aliphatic heterocycles. The van der Waals surface area contributed by atoms with E-state index in [0.29, 0.717) is 5.69 Å². The van der Waals surface area contributed by atoms with Crippen LogP contribution in [0.4, 0.5) is 5.69 Å². The first-order chi connectivity index (χ1) is 7.66. The molecule has 0 aromatic heterocycles. The number of hydrogen-bond acceptors (Lipinski definition) is 4. The first-order valence-corrected chi connectivity index (χ1v) is 5.46. The Morgan fingerprint density at radius 3 is 2.75 bits per heavy atom. The largest absolute Gasteiger partial charge is 0.507 e. The van der Waals surface area contributed by atoms with E-state index in [1.165, 1.54) is 12.1 Å². The molecular weight excluding hydrogens is 206 g/mol. The van der Waals surface area contributed by atoms with Crippen molar-refractivity contribution in [2.24, 2.45) is 0 Å². The predicted octanol–water partition coefficient (Wildman–Crippen LogP) is 2.07. The minimum atomic E-state index is -0.489. The molecule has 1 aromatic carbocycles. The number of rotatable bonds is 2. The van der Waals surface area contributed by atoms with Gasteiger partial charge in [-0.25, -0.2) is 4.79 Å². The molecule has 0 saturated heterocycles. The Balaban J connectivity index is 2.10. The van der Waals surface area contributed by atoms with E-state index >= 15 is 0 Å². The molecule has 0 bridgehead atoms. The first-order valence-electron chi connectivity index (χ1n) is 5.46. The van der Waals surface area contributed by atoms with Gasteiger partial charge in [0.05, 0.1) is 0 Å². The van der Waals surface area contributed by atoms with Gasteiger partial charge in [-0.05, 0) is 43.9 Å². The van der Waals surface area contributed by atoms with Gasteiger partial charge in [0.1, 0.15) is 17.4 Å². The zero-order chi connectivity index (χ0) is 11.5. The number of ether oxygens (including phenoxy) is 1. The van der Waals surface area contributed by atoms with Crippen LogP contribution in [0, 0.1) is 0 Å². The molecule has 4 heteroatoms. The summed E-state index contributed by atoms with van der Waals surface area (Å²) in [7, 11) is 0. The Hall–Kier alpha value is -1.71. The van der Waals surface area contributed by atoms with Gasteiger partial charge in [-0.3, -0.25) is 0 Å². The number of phenolic OH excluding ortho intramolecular Hbond substituents is 1. The highest BCUT2D eigenvalue weighted by molar-refractivity contribution is 5.93. The van der Waals surface area contributed by atoms with Crippen LogP contribution < -0.4 is 5.73 Å². The number of anilines is 1. The molecule has 2 rings (SSSR count). The Kier molecular flexibility index (Phi) is 2.99. The van der Waals surface area contributed by atoms with Crippen molar-refractivity contribution in [3.63, 3.8) is 0 Å². The van der Waals surface area contributed by atoms with Crippen LogP contribution in [-0.4, -0.2) is 17.2 Å². The van der Waals surface area contributed by atoms with E-state index in [2.05, 4.69) is 0 Å². The molecule has 0 heterocycles. The van der Waals surface area contributed by atoms with Crippen LogP contribution in [0.1, 0.15) is 36.0 Å². The molecule has 4 nitrogen and oxygen atoms in total. The fourth-order valence-corrected chi connectivity index (χ4v) is 1.94. The molecule has 16 heavy (non-hydrogen) atoms. The maximum atomic E-state index is 11.7. The summed E-state index contributed by atoms with van der Waals surface area (Å²) in [6, 6.07) is 4.38. The standard InChI is InChI=1S/C12H15NO3/c13-8-5-6-11(14)10(7-8)12(15)16-9-3-1-2-4-9/h5-7,9,14H,1-4,13H2. The molecule has 1 aliphatic carbocycles. The second kappa shape index (κ2) is 4.43. The van der Waals surface area contributed by atoms with Crippen molar-refractivity contribution in [2.75, 3.05) is 5.73 Å². The number of aromatic hydroxyl groups is 1. The normalized spacial score (nSPS) is 16.2. The minimum Gasteiger partial charge on any atom is -0.507 e. The lowest BCUT2D eigenvalue weighted by atomic mass is 10.2. The fraction of sp³-hybridized carbons (Fsp3) is 0.417. The van der Waals surface area contributed by atoms with Crippen LogP contribution in [0.25, 0.3) is 0 Å². The van der Waals surface area contributed by atoms with Crippen molar-refractivity contribution in [2.45, 2.75) is 31.8 Å². The lowest BCUT2D eigenvalue weighted by Crippen LogP contribution is -2.15. The van der Waals surface area contributed by atoms with Gasteiger partial charge >= 0.3 is 5.97 Å². The third kappa shape index (κ3) is 2.27. The maximum Gasteiger partial charge on any atom is 0.342 e. The quantitative estimate of drug-likeness (QED) is 0.455. The van der Waals surface area contributed by atoms with Crippen molar-refractivity contribution >= 4 is 11.7 Å². The third-order valence-corrected chi connectivity index (χ3v) is 2.82. The lowest BCUT2D eigenvalue weighted by Gasteiger charge is -2.12. The topological polar surface area (TPSA) is 72.5 Å². The second-order valence-corrected chi connectivity index (χ2v) is 4.09. The van der Waals surface area contributed by atoms with Gasteiger partial charge < -0.3 is 15.6 Å². The zero-order valence-corrected chi connectivity index (χ0v) is 8.98. The predicted molar refractivity (Wildman–Crippen MR) is 60.2 cm³/mol. The molecule has 1 fully saturated rings. The van der Waals surface area contributed by atoms with E-state index in [4.69, 9.17) is 10.5 Å². The number of phenols is 1. The van der Waals surface area contributed by atoms with E-state index < -0.39 is 5.97 Å². The summed E-state index contributed by atoms with van der Waals surface area (Å²) >= 11 is 0. The van der Waals surface area contributed by atoms with Crippen molar-refractivity contribution < 1.29 is 14.6 Å². The van der Waals surface area contributed by atoms with Crippen LogP contribution in [0.15, 0.2) is 18.2 Å². The highest BCUT2D eigenvalue weighted by Gasteiger charge is 2.21. The number of hydrogen-bond donors (Lipinski definition) is 2. The van der Waals surface area contributed by atoms with Crippen LogP contribution in [0.3, 0.4) is 0 Å². The van der Waals surface area contributed by atoms with Crippen LogP contribution in [-0.2, 0) is 4.74 Å². The molecule has 0 atom stereocenters. The van der Waals surface area contributed by atoms with Crippen LogP contribution in [0.2, 0.25) is 0 Å². The van der Waals surface area contributed by atoms with Gasteiger partial charge in [-0.15, -0.1) is 0 Å². The first kappa shape index (κ1) is 10.8. The molecule has 0 unspecified atom stereocenters. The van der Waals surface area contributed by atoms with Gasteiger partial charge in [-0.1, -0.05) is 0 Å². The van der Waals surface area contributed by atoms with E-state index in [9.17, 15) is 9.90 Å². The molecular formula is C12H15NO3. The zero-order valence-electron chi connectivity index (χ0n) is 8.98. The SMILES string of the molecule is Nc1ccc(O)c(C(=O)OC2CCCC2)c1. The molecule has 86 valence electrons. The van der Waals surface area contributed by atoms with Crippen molar-refractivity contribution in [1.82, 2.24) is 0 Å². The van der Waals surface area contributed by atoms with Gasteiger partial charge in [0.25, 0.3) is 0 Å². The van der Waals surface area contributed by atoms with Gasteiger partial charge in [0.15, 0.2) is 0 Å². The Labute approximate surface area is 94.0 Å². The minimum absolute atomic E-state index is 0.00618. The summed E-state index contributed by atoms with van der Waals surface area (Å²) < 4.78 is 5.28. The van der Waals surface area contributed by atoms with E-state index in [1.807, 2.05) is 0 Å². The lowest BCUT2D eigenvalue weighted by molar-refractivity contribution is 0.0315. The fourth-order valence-electron chi connectivity index (χ4n) is 1.94. The molecule has 3 N–H and O–H groups in total. The second-order valence-electron chi connectivity index (χ2n) is 4.09. The Bertz CT molecular complexity index is 397. The monoisotopic (exact) mass is 221 g/mol. The molecule has 0 spiro atoms. The summed E-state index contributed by atoms with van der Waals surface area (Å²) in [5, 5.41) is 9.52. The van der Waals surface area contributed by atoms with Crippen molar-refractivity contribution in [1.29, 1.82) is 0 Å². The highest BCUT2D eigenvalue weighted by Crippen LogP contribution is 2.25. The molecule has 1 aromatic rings. The number of esters is 1. The van der Waals surface area contributed by atoms with E-state index in [1.54, 1.807) is 6.07 Å². The Morgan fingerprint density at radius 2 is 2.06 bits per heavy atom. The molecule has 0 amide bonds. The maximum absolute atomic E-state index is 11.7. The summed E-state index contributed by atoms with van der Waals surface area (Å²) in [4.78, 5) is 11.7. The van der Waals surface area contributed by atoms with Gasteiger partial charge in [-0.2, -0.15) is 0 Å². The average molecular weight is 221 g/mol. The molecule has 0 radical (unpaired) electrons. The van der Waals surface area contributed by atoms with Gasteiger partial charge in [0.2, 0.25) is 0 Å². The number of carbonyl (C=O) groups excluding carboxylic acids is 1. The Morgan fingerprint density at radius 1 is 1.38 bits per heavy atom. The van der Waals surface area contributed by atoms with E-state index in [-0.39, 0.29) is 17.4 Å². The number of carbonyl (C=O) groups is 1. The van der Waals surface area contributed by atoms with E-state index in [0.717, 1.165) is 25.7 Å². The van der Waals surface area contributed by atoms with Gasteiger partial charge in [0, 0.05) is 5.69 Å².